The van der Waals surface area contributed by atoms with E-state index in [-0.39, 0.29) is 18.3 Å². The summed E-state index contributed by atoms with van der Waals surface area (Å²) < 4.78 is 2.01. The fourth-order valence-electron chi connectivity index (χ4n) is 4.28. The van der Waals surface area contributed by atoms with E-state index in [1.807, 2.05) is 4.68 Å². The summed E-state index contributed by atoms with van der Waals surface area (Å²) in [6.45, 7) is 7.04. The van der Waals surface area contributed by atoms with Crippen molar-refractivity contribution in [3.8, 4) is 5.69 Å². The molecule has 2 N–H and O–H groups in total. The van der Waals surface area contributed by atoms with Crippen molar-refractivity contribution in [1.29, 1.82) is 0 Å². The fourth-order valence-corrected chi connectivity index (χ4v) is 4.28. The van der Waals surface area contributed by atoms with Gasteiger partial charge in [0.1, 0.15) is 0 Å². The lowest BCUT2D eigenvalue weighted by atomic mass is 10.00. The van der Waals surface area contributed by atoms with Crippen molar-refractivity contribution in [2.24, 2.45) is 5.92 Å². The molecule has 6 heteroatoms. The monoisotopic (exact) mass is 388 g/mol. The summed E-state index contributed by atoms with van der Waals surface area (Å²) in [6, 6.07) is 6.40. The van der Waals surface area contributed by atoms with E-state index in [4.69, 9.17) is 5.10 Å². The maximum atomic E-state index is 12.8. The van der Waals surface area contributed by atoms with E-state index in [9.17, 15) is 4.79 Å². The van der Waals surface area contributed by atoms with E-state index in [1.165, 1.54) is 29.7 Å². The van der Waals surface area contributed by atoms with Gasteiger partial charge in [-0.3, -0.25) is 4.79 Å². The van der Waals surface area contributed by atoms with Crippen LogP contribution in [0.15, 0.2) is 18.2 Å². The number of rotatable bonds is 4. The van der Waals surface area contributed by atoms with Crippen LogP contribution in [0.1, 0.15) is 52.1 Å². The van der Waals surface area contributed by atoms with E-state index in [0.717, 1.165) is 50.1 Å². The molecule has 27 heavy (non-hydrogen) atoms. The molecule has 1 amide bonds. The molecular weight excluding hydrogens is 360 g/mol. The summed E-state index contributed by atoms with van der Waals surface area (Å²) in [4.78, 5) is 12.8. The van der Waals surface area contributed by atoms with E-state index < -0.39 is 0 Å². The minimum Gasteiger partial charge on any atom is -0.350 e. The molecule has 1 aromatic carbocycles. The molecule has 2 aromatic rings. The second-order valence-corrected chi connectivity index (χ2v) is 7.75. The summed E-state index contributed by atoms with van der Waals surface area (Å²) in [5.41, 5.74) is 6.51. The van der Waals surface area contributed by atoms with Gasteiger partial charge in [0.15, 0.2) is 5.69 Å². The Morgan fingerprint density at radius 3 is 2.89 bits per heavy atom. The molecule has 0 bridgehead atoms. The van der Waals surface area contributed by atoms with E-state index in [0.29, 0.717) is 11.6 Å². The number of carbonyl (C=O) groups is 1. The zero-order valence-corrected chi connectivity index (χ0v) is 17.0. The fraction of sp³-hybridized carbons (Fsp3) is 0.524. The molecule has 1 aliphatic heterocycles. The third-order valence-electron chi connectivity index (χ3n) is 5.68. The Hall–Kier alpha value is -1.85. The zero-order chi connectivity index (χ0) is 18.1. The molecule has 2 aliphatic rings. The van der Waals surface area contributed by atoms with Crippen LogP contribution >= 0.6 is 12.4 Å². The number of carbonyl (C=O) groups excluding carboxylic acids is 1. The van der Waals surface area contributed by atoms with E-state index >= 15 is 0 Å². The van der Waals surface area contributed by atoms with Gasteiger partial charge in [-0.25, -0.2) is 4.68 Å². The lowest BCUT2D eigenvalue weighted by Gasteiger charge is -2.22. The molecule has 1 unspecified atom stereocenters. The van der Waals surface area contributed by atoms with Crippen molar-refractivity contribution in [3.05, 3.63) is 46.3 Å². The summed E-state index contributed by atoms with van der Waals surface area (Å²) in [6.07, 6.45) is 5.42. The zero-order valence-electron chi connectivity index (χ0n) is 16.2. The van der Waals surface area contributed by atoms with Gasteiger partial charge in [0.2, 0.25) is 0 Å². The van der Waals surface area contributed by atoms with Crippen LogP contribution < -0.4 is 10.6 Å². The smallest absolute Gasteiger partial charge is 0.272 e. The third kappa shape index (κ3) is 4.04. The molecule has 0 spiro atoms. The minimum absolute atomic E-state index is 0. The number of nitrogens with one attached hydrogen (secondary N) is 2. The Labute approximate surface area is 167 Å². The standard InChI is InChI=1S/C21H28N4O.ClH/c1-14-8-9-18(15(2)11-14)25-19-7-3-6-17(19)20(24-25)21(26)23-13-16-5-4-10-22-12-16;/h8-9,11,16,22H,3-7,10,12-13H2,1-2H3,(H,23,26);1H. The van der Waals surface area contributed by atoms with Gasteiger partial charge < -0.3 is 10.6 Å². The van der Waals surface area contributed by atoms with Crippen LogP contribution in [0.25, 0.3) is 5.69 Å². The molecule has 5 nitrogen and oxygen atoms in total. The number of nitrogens with zero attached hydrogens (tertiary/aromatic N) is 2. The molecule has 2 heterocycles. The molecular formula is C21H29ClN4O. The first-order valence-corrected chi connectivity index (χ1v) is 9.81. The van der Waals surface area contributed by atoms with Crippen molar-refractivity contribution in [2.45, 2.75) is 46.0 Å². The molecule has 1 saturated heterocycles. The van der Waals surface area contributed by atoms with Gasteiger partial charge in [-0.1, -0.05) is 17.7 Å². The van der Waals surface area contributed by atoms with Crippen molar-refractivity contribution < 1.29 is 4.79 Å². The van der Waals surface area contributed by atoms with Gasteiger partial charge >= 0.3 is 0 Å². The van der Waals surface area contributed by atoms with Gasteiger partial charge in [0, 0.05) is 17.8 Å². The summed E-state index contributed by atoms with van der Waals surface area (Å²) in [7, 11) is 0. The predicted octanol–water partition coefficient (Wildman–Crippen LogP) is 3.13. The molecule has 1 aromatic heterocycles. The molecule has 1 fully saturated rings. The molecule has 1 aliphatic carbocycles. The van der Waals surface area contributed by atoms with Crippen molar-refractivity contribution in [3.63, 3.8) is 0 Å². The topological polar surface area (TPSA) is 59.0 Å². The first-order chi connectivity index (χ1) is 12.6. The maximum Gasteiger partial charge on any atom is 0.272 e. The summed E-state index contributed by atoms with van der Waals surface area (Å²) in [5, 5.41) is 11.3. The van der Waals surface area contributed by atoms with E-state index in [1.54, 1.807) is 0 Å². The third-order valence-corrected chi connectivity index (χ3v) is 5.68. The highest BCUT2D eigenvalue weighted by Gasteiger charge is 2.27. The van der Waals surface area contributed by atoms with Gasteiger partial charge in [0.05, 0.1) is 5.69 Å². The quantitative estimate of drug-likeness (QED) is 0.845. The number of aryl methyl sites for hydroxylation is 2. The molecule has 0 saturated carbocycles. The van der Waals surface area contributed by atoms with Gasteiger partial charge in [-0.2, -0.15) is 5.10 Å². The van der Waals surface area contributed by atoms with Gasteiger partial charge in [0.25, 0.3) is 5.91 Å². The number of hydrogen-bond donors (Lipinski definition) is 2. The Bertz CT molecular complexity index is 824. The Balaban J connectivity index is 0.00000210. The van der Waals surface area contributed by atoms with Crippen LogP contribution in [0.3, 0.4) is 0 Å². The number of benzene rings is 1. The average molecular weight is 389 g/mol. The highest BCUT2D eigenvalue weighted by molar-refractivity contribution is 5.94. The van der Waals surface area contributed by atoms with Crippen molar-refractivity contribution >= 4 is 18.3 Å². The number of piperidine rings is 1. The Kier molecular flexibility index (Phi) is 6.22. The number of halogens is 1. The number of aromatic nitrogens is 2. The maximum absolute atomic E-state index is 12.8. The Morgan fingerprint density at radius 2 is 2.15 bits per heavy atom. The van der Waals surface area contributed by atoms with Crippen LogP contribution in [0, 0.1) is 19.8 Å². The second-order valence-electron chi connectivity index (χ2n) is 7.75. The van der Waals surface area contributed by atoms with Gasteiger partial charge in [-0.05, 0) is 76.6 Å². The molecule has 0 radical (unpaired) electrons. The Morgan fingerprint density at radius 1 is 1.30 bits per heavy atom. The minimum atomic E-state index is -0.0164. The van der Waals surface area contributed by atoms with E-state index in [2.05, 4.69) is 42.7 Å². The highest BCUT2D eigenvalue weighted by Crippen LogP contribution is 2.29. The SMILES string of the molecule is Cc1ccc(-n2nc(C(=O)NCC3CCCNC3)c3c2CCC3)c(C)c1.Cl. The number of amides is 1. The van der Waals surface area contributed by atoms with Crippen molar-refractivity contribution in [1.82, 2.24) is 20.4 Å². The highest BCUT2D eigenvalue weighted by atomic mass is 35.5. The number of fused-ring (bicyclic) bond motifs is 1. The molecule has 1 atom stereocenters. The van der Waals surface area contributed by atoms with Gasteiger partial charge in [-0.15, -0.1) is 12.4 Å². The van der Waals surface area contributed by atoms with Crippen molar-refractivity contribution in [2.75, 3.05) is 19.6 Å². The summed E-state index contributed by atoms with van der Waals surface area (Å²) >= 11 is 0. The first kappa shape index (κ1) is 19.9. The van der Waals surface area contributed by atoms with Crippen LogP contribution in [0.5, 0.6) is 0 Å². The lowest BCUT2D eigenvalue weighted by Crippen LogP contribution is -2.38. The normalized spacial score (nSPS) is 18.7. The second kappa shape index (κ2) is 8.44. The van der Waals surface area contributed by atoms with Crippen LogP contribution in [0.2, 0.25) is 0 Å². The largest absolute Gasteiger partial charge is 0.350 e. The van der Waals surface area contributed by atoms with Crippen LogP contribution in [-0.2, 0) is 12.8 Å². The first-order valence-electron chi connectivity index (χ1n) is 9.81. The number of hydrogen-bond acceptors (Lipinski definition) is 3. The van der Waals surface area contributed by atoms with Crippen LogP contribution in [-0.4, -0.2) is 35.3 Å². The lowest BCUT2D eigenvalue weighted by molar-refractivity contribution is 0.0938. The van der Waals surface area contributed by atoms with Crippen LogP contribution in [0.4, 0.5) is 0 Å². The molecule has 146 valence electrons. The average Bonchev–Trinajstić information content (AvgIpc) is 3.24. The predicted molar refractivity (Wildman–Crippen MR) is 110 cm³/mol. The molecule has 4 rings (SSSR count). The summed E-state index contributed by atoms with van der Waals surface area (Å²) in [5.74, 6) is 0.513.